The van der Waals surface area contributed by atoms with Crippen molar-refractivity contribution in [1.82, 2.24) is 0 Å². The molecule has 0 aromatic heterocycles. The molecule has 0 radical (unpaired) electrons. The van der Waals surface area contributed by atoms with E-state index < -0.39 is 18.5 Å². The zero-order valence-electron chi connectivity index (χ0n) is 6.86. The highest BCUT2D eigenvalue weighted by Crippen LogP contribution is 2.21. The Morgan fingerprint density at radius 3 is 2.92 bits per heavy atom. The maximum atomic E-state index is 10.9. The van der Waals surface area contributed by atoms with Gasteiger partial charge in [-0.05, 0) is 12.2 Å². The van der Waals surface area contributed by atoms with Crippen LogP contribution in [0.1, 0.15) is 13.3 Å². The standard InChI is InChI=1S/C8H12O4/c1-2-8(11)4-3-6(10)7(5-9)12-8/h3-4,7,9,11H,2,5H2,1H3/t7-,8+/m1/s1. The van der Waals surface area contributed by atoms with E-state index >= 15 is 0 Å². The van der Waals surface area contributed by atoms with Gasteiger partial charge in [0.05, 0.1) is 6.61 Å². The number of rotatable bonds is 2. The van der Waals surface area contributed by atoms with Crippen LogP contribution in [-0.4, -0.2) is 34.5 Å². The molecule has 1 aliphatic heterocycles. The van der Waals surface area contributed by atoms with E-state index in [1.54, 1.807) is 6.92 Å². The number of hydrogen-bond acceptors (Lipinski definition) is 4. The van der Waals surface area contributed by atoms with Gasteiger partial charge in [0, 0.05) is 6.42 Å². The first-order valence-electron chi connectivity index (χ1n) is 3.85. The van der Waals surface area contributed by atoms with E-state index in [4.69, 9.17) is 9.84 Å². The number of carbonyl (C=O) groups is 1. The van der Waals surface area contributed by atoms with E-state index in [-0.39, 0.29) is 5.78 Å². The lowest BCUT2D eigenvalue weighted by atomic mass is 10.1. The second kappa shape index (κ2) is 3.35. The molecule has 12 heavy (non-hydrogen) atoms. The molecule has 0 saturated carbocycles. The largest absolute Gasteiger partial charge is 0.393 e. The fourth-order valence-corrected chi connectivity index (χ4v) is 0.992. The minimum Gasteiger partial charge on any atom is -0.393 e. The van der Waals surface area contributed by atoms with Crippen LogP contribution in [0.25, 0.3) is 0 Å². The number of aliphatic hydroxyl groups is 2. The monoisotopic (exact) mass is 172 g/mol. The Labute approximate surface area is 70.5 Å². The third kappa shape index (κ3) is 1.72. The molecule has 0 bridgehead atoms. The van der Waals surface area contributed by atoms with Gasteiger partial charge >= 0.3 is 0 Å². The van der Waals surface area contributed by atoms with Crippen LogP contribution in [0.2, 0.25) is 0 Å². The Bertz CT molecular complexity index is 211. The fraction of sp³-hybridized carbons (Fsp3) is 0.625. The third-order valence-electron chi connectivity index (χ3n) is 1.84. The number of ketones is 1. The molecular formula is C8H12O4. The molecule has 4 nitrogen and oxygen atoms in total. The molecule has 0 saturated heterocycles. The molecule has 0 amide bonds. The van der Waals surface area contributed by atoms with Gasteiger partial charge in [0.2, 0.25) is 0 Å². The highest BCUT2D eigenvalue weighted by atomic mass is 16.6. The van der Waals surface area contributed by atoms with Crippen LogP contribution in [0.15, 0.2) is 12.2 Å². The van der Waals surface area contributed by atoms with Gasteiger partial charge in [-0.1, -0.05) is 6.92 Å². The molecule has 1 rings (SSSR count). The molecule has 2 N–H and O–H groups in total. The second-order valence-corrected chi connectivity index (χ2v) is 2.72. The number of ether oxygens (including phenoxy) is 1. The van der Waals surface area contributed by atoms with Crippen molar-refractivity contribution < 1.29 is 19.7 Å². The average Bonchev–Trinajstić information content (AvgIpc) is 2.10. The van der Waals surface area contributed by atoms with Crippen molar-refractivity contribution in [2.75, 3.05) is 6.61 Å². The summed E-state index contributed by atoms with van der Waals surface area (Å²) in [5.74, 6) is -1.70. The molecule has 0 aromatic carbocycles. The minimum atomic E-state index is -1.39. The van der Waals surface area contributed by atoms with Gasteiger partial charge in [-0.15, -0.1) is 0 Å². The van der Waals surface area contributed by atoms with Crippen LogP contribution in [0.4, 0.5) is 0 Å². The zero-order valence-corrected chi connectivity index (χ0v) is 6.86. The van der Waals surface area contributed by atoms with E-state index in [0.717, 1.165) is 0 Å². The van der Waals surface area contributed by atoms with Gasteiger partial charge in [-0.3, -0.25) is 4.79 Å². The lowest BCUT2D eigenvalue weighted by Gasteiger charge is -2.30. The Morgan fingerprint density at radius 2 is 2.42 bits per heavy atom. The maximum Gasteiger partial charge on any atom is 0.186 e. The summed E-state index contributed by atoms with van der Waals surface area (Å²) in [5, 5.41) is 18.2. The van der Waals surface area contributed by atoms with Crippen LogP contribution in [0.3, 0.4) is 0 Å². The summed E-state index contributed by atoms with van der Waals surface area (Å²) in [6.07, 6.45) is 1.99. The average molecular weight is 172 g/mol. The SMILES string of the molecule is CC[C@@]1(O)C=CC(=O)[C@@H](CO)O1. The highest BCUT2D eigenvalue weighted by molar-refractivity contribution is 5.94. The van der Waals surface area contributed by atoms with Crippen molar-refractivity contribution in [1.29, 1.82) is 0 Å². The van der Waals surface area contributed by atoms with Gasteiger partial charge in [0.25, 0.3) is 0 Å². The first-order valence-corrected chi connectivity index (χ1v) is 3.85. The van der Waals surface area contributed by atoms with Crippen LogP contribution in [0, 0.1) is 0 Å². The summed E-state index contributed by atoms with van der Waals surface area (Å²) in [6.45, 7) is 1.33. The van der Waals surface area contributed by atoms with Crippen molar-refractivity contribution in [2.24, 2.45) is 0 Å². The van der Waals surface area contributed by atoms with Crippen LogP contribution < -0.4 is 0 Å². The minimum absolute atomic E-state index is 0.310. The van der Waals surface area contributed by atoms with E-state index in [9.17, 15) is 9.90 Å². The Hall–Kier alpha value is -0.710. The number of carbonyl (C=O) groups excluding carboxylic acids is 1. The van der Waals surface area contributed by atoms with Crippen LogP contribution in [-0.2, 0) is 9.53 Å². The third-order valence-corrected chi connectivity index (χ3v) is 1.84. The van der Waals surface area contributed by atoms with Gasteiger partial charge in [0.1, 0.15) is 6.10 Å². The summed E-state index contributed by atoms with van der Waals surface area (Å²) >= 11 is 0. The van der Waals surface area contributed by atoms with Crippen molar-refractivity contribution in [2.45, 2.75) is 25.2 Å². The molecule has 68 valence electrons. The Kier molecular flexibility index (Phi) is 2.62. The molecule has 2 atom stereocenters. The summed E-state index contributed by atoms with van der Waals surface area (Å²) < 4.78 is 4.95. The van der Waals surface area contributed by atoms with Crippen molar-refractivity contribution in [3.63, 3.8) is 0 Å². The highest BCUT2D eigenvalue weighted by Gasteiger charge is 2.33. The molecule has 0 aromatic rings. The van der Waals surface area contributed by atoms with Crippen molar-refractivity contribution in [3.05, 3.63) is 12.2 Å². The van der Waals surface area contributed by atoms with Gasteiger partial charge in [-0.2, -0.15) is 0 Å². The first kappa shape index (κ1) is 9.38. The smallest absolute Gasteiger partial charge is 0.186 e. The maximum absolute atomic E-state index is 10.9. The van der Waals surface area contributed by atoms with Crippen molar-refractivity contribution in [3.8, 4) is 0 Å². The van der Waals surface area contributed by atoms with E-state index in [1.165, 1.54) is 12.2 Å². The van der Waals surface area contributed by atoms with Gasteiger partial charge in [0.15, 0.2) is 11.6 Å². The van der Waals surface area contributed by atoms with E-state index in [2.05, 4.69) is 0 Å². The molecule has 4 heteroatoms. The molecule has 1 heterocycles. The first-order chi connectivity index (χ1) is 5.61. The van der Waals surface area contributed by atoms with Gasteiger partial charge < -0.3 is 14.9 Å². The molecule has 0 unspecified atom stereocenters. The summed E-state index contributed by atoms with van der Waals surface area (Å²) in [4.78, 5) is 10.9. The van der Waals surface area contributed by atoms with Gasteiger partial charge in [-0.25, -0.2) is 0 Å². The summed E-state index contributed by atoms with van der Waals surface area (Å²) in [6, 6.07) is 0. The normalized spacial score (nSPS) is 35.6. The summed E-state index contributed by atoms with van der Waals surface area (Å²) in [7, 11) is 0. The summed E-state index contributed by atoms with van der Waals surface area (Å²) in [5.41, 5.74) is 0. The Morgan fingerprint density at radius 1 is 1.75 bits per heavy atom. The lowest BCUT2D eigenvalue weighted by Crippen LogP contribution is -2.42. The van der Waals surface area contributed by atoms with Crippen LogP contribution >= 0.6 is 0 Å². The molecule has 0 aliphatic carbocycles. The fourth-order valence-electron chi connectivity index (χ4n) is 0.992. The predicted octanol–water partition coefficient (Wildman–Crippen LogP) is -0.399. The van der Waals surface area contributed by atoms with Crippen molar-refractivity contribution >= 4 is 5.78 Å². The second-order valence-electron chi connectivity index (χ2n) is 2.72. The molecule has 1 aliphatic rings. The predicted molar refractivity (Wildman–Crippen MR) is 41.3 cm³/mol. The molecule has 0 spiro atoms. The Balaban J connectivity index is 2.77. The quantitative estimate of drug-likeness (QED) is 0.595. The van der Waals surface area contributed by atoms with E-state index in [0.29, 0.717) is 6.42 Å². The topological polar surface area (TPSA) is 66.8 Å². The van der Waals surface area contributed by atoms with Crippen LogP contribution in [0.5, 0.6) is 0 Å². The lowest BCUT2D eigenvalue weighted by molar-refractivity contribution is -0.209. The number of aliphatic hydroxyl groups excluding tert-OH is 1. The molecule has 0 fully saturated rings. The van der Waals surface area contributed by atoms with E-state index in [1.807, 2.05) is 0 Å². The molecular weight excluding hydrogens is 160 g/mol. The zero-order chi connectivity index (χ0) is 9.19. The number of hydrogen-bond donors (Lipinski definition) is 2.